The van der Waals surface area contributed by atoms with Gasteiger partial charge in [0.25, 0.3) is 5.91 Å². The van der Waals surface area contributed by atoms with Crippen molar-refractivity contribution in [3.8, 4) is 0 Å². The summed E-state index contributed by atoms with van der Waals surface area (Å²) < 4.78 is 10.5. The number of amides is 2. The fraction of sp³-hybridized carbons (Fsp3) is 0.800. The fourth-order valence-electron chi connectivity index (χ4n) is 2.04. The van der Waals surface area contributed by atoms with Crippen molar-refractivity contribution in [1.29, 1.82) is 0 Å². The molecule has 2 saturated heterocycles. The fourth-order valence-corrected chi connectivity index (χ4v) is 2.04. The molecule has 2 aliphatic heterocycles. The van der Waals surface area contributed by atoms with Gasteiger partial charge in [-0.15, -0.1) is 0 Å². The van der Waals surface area contributed by atoms with Gasteiger partial charge in [0, 0.05) is 19.6 Å². The molecule has 2 amide bonds. The highest BCUT2D eigenvalue weighted by molar-refractivity contribution is 5.89. The molecule has 7 nitrogen and oxygen atoms in total. The number of carbonyl (C=O) groups is 2. The lowest BCUT2D eigenvalue weighted by molar-refractivity contribution is -0.162. The number of rotatable bonds is 2. The molecule has 0 aromatic rings. The molecular formula is C10H17N3O4. The molecule has 2 fully saturated rings. The van der Waals surface area contributed by atoms with Gasteiger partial charge in [0.15, 0.2) is 6.10 Å². The first-order valence-electron chi connectivity index (χ1n) is 5.70. The number of nitrogens with two attached hydrogens (primary N) is 1. The van der Waals surface area contributed by atoms with Crippen molar-refractivity contribution in [2.75, 3.05) is 39.5 Å². The second kappa shape index (κ2) is 5.44. The Morgan fingerprint density at radius 3 is 2.82 bits per heavy atom. The normalized spacial score (nSPS) is 30.0. The molecular weight excluding hydrogens is 226 g/mol. The number of hydrogen-bond acceptors (Lipinski definition) is 5. The number of primary amides is 1. The molecule has 2 rings (SSSR count). The van der Waals surface area contributed by atoms with Crippen molar-refractivity contribution in [3.05, 3.63) is 0 Å². The lowest BCUT2D eigenvalue weighted by atomic mass is 10.1. The molecule has 17 heavy (non-hydrogen) atoms. The van der Waals surface area contributed by atoms with Crippen LogP contribution in [0.5, 0.6) is 0 Å². The van der Waals surface area contributed by atoms with E-state index in [1.54, 1.807) is 0 Å². The lowest BCUT2D eigenvalue weighted by Gasteiger charge is -2.37. The molecule has 2 atom stereocenters. The third-order valence-corrected chi connectivity index (χ3v) is 2.95. The van der Waals surface area contributed by atoms with E-state index in [1.807, 2.05) is 0 Å². The predicted octanol–water partition coefficient (Wildman–Crippen LogP) is -2.31. The molecule has 0 radical (unpaired) electrons. The van der Waals surface area contributed by atoms with Crippen LogP contribution in [-0.2, 0) is 19.1 Å². The first kappa shape index (κ1) is 12.3. The van der Waals surface area contributed by atoms with Gasteiger partial charge in [0.1, 0.15) is 6.04 Å². The van der Waals surface area contributed by atoms with Crippen LogP contribution in [-0.4, -0.2) is 68.3 Å². The highest BCUT2D eigenvalue weighted by Gasteiger charge is 2.35. The van der Waals surface area contributed by atoms with E-state index in [-0.39, 0.29) is 12.5 Å². The minimum absolute atomic E-state index is 0.213. The van der Waals surface area contributed by atoms with E-state index in [0.717, 1.165) is 0 Å². The minimum Gasteiger partial charge on any atom is -0.376 e. The van der Waals surface area contributed by atoms with Crippen LogP contribution in [0.3, 0.4) is 0 Å². The summed E-state index contributed by atoms with van der Waals surface area (Å²) in [6, 6.07) is -0.596. The van der Waals surface area contributed by atoms with Crippen molar-refractivity contribution in [2.45, 2.75) is 12.1 Å². The maximum atomic E-state index is 12.2. The Labute approximate surface area is 99.2 Å². The number of ether oxygens (including phenoxy) is 2. The third kappa shape index (κ3) is 2.74. The van der Waals surface area contributed by atoms with Crippen LogP contribution in [0.25, 0.3) is 0 Å². The number of hydrogen-bond donors (Lipinski definition) is 2. The highest BCUT2D eigenvalue weighted by atomic mass is 16.6. The maximum absolute atomic E-state index is 12.2. The van der Waals surface area contributed by atoms with Gasteiger partial charge >= 0.3 is 0 Å². The summed E-state index contributed by atoms with van der Waals surface area (Å²) in [5, 5.41) is 3.04. The standard InChI is InChI=1S/C10H17N3O4/c11-9(14)7-5-12-1-2-13(7)10(15)8-6-16-3-4-17-8/h7-8,12H,1-6H2,(H2,11,14). The Balaban J connectivity index is 2.02. The summed E-state index contributed by atoms with van der Waals surface area (Å²) in [4.78, 5) is 24.9. The molecule has 2 heterocycles. The highest BCUT2D eigenvalue weighted by Crippen LogP contribution is 2.10. The molecule has 7 heteroatoms. The molecule has 0 bridgehead atoms. The maximum Gasteiger partial charge on any atom is 0.254 e. The first-order chi connectivity index (χ1) is 8.20. The Bertz CT molecular complexity index is 304. The van der Waals surface area contributed by atoms with E-state index in [2.05, 4.69) is 5.32 Å². The molecule has 0 aromatic carbocycles. The molecule has 3 N–H and O–H groups in total. The van der Waals surface area contributed by atoms with Crippen molar-refractivity contribution in [1.82, 2.24) is 10.2 Å². The van der Waals surface area contributed by atoms with Crippen molar-refractivity contribution < 1.29 is 19.1 Å². The molecule has 0 aliphatic carbocycles. The zero-order chi connectivity index (χ0) is 12.3. The minimum atomic E-state index is -0.608. The molecule has 0 spiro atoms. The van der Waals surface area contributed by atoms with Gasteiger partial charge < -0.3 is 25.4 Å². The van der Waals surface area contributed by atoms with Gasteiger partial charge in [-0.3, -0.25) is 9.59 Å². The molecule has 0 saturated carbocycles. The molecule has 2 unspecified atom stereocenters. The topological polar surface area (TPSA) is 93.9 Å². The van der Waals surface area contributed by atoms with Gasteiger partial charge in [-0.05, 0) is 0 Å². The van der Waals surface area contributed by atoms with Crippen LogP contribution >= 0.6 is 0 Å². The Hall–Kier alpha value is -1.18. The zero-order valence-corrected chi connectivity index (χ0v) is 9.55. The van der Waals surface area contributed by atoms with Gasteiger partial charge in [-0.25, -0.2) is 0 Å². The Kier molecular flexibility index (Phi) is 3.93. The molecule has 0 aromatic heterocycles. The Morgan fingerprint density at radius 2 is 2.18 bits per heavy atom. The quantitative estimate of drug-likeness (QED) is 0.568. The molecule has 96 valence electrons. The third-order valence-electron chi connectivity index (χ3n) is 2.95. The predicted molar refractivity (Wildman–Crippen MR) is 58.1 cm³/mol. The summed E-state index contributed by atoms with van der Waals surface area (Å²) in [5.41, 5.74) is 5.28. The van der Waals surface area contributed by atoms with E-state index in [9.17, 15) is 9.59 Å². The summed E-state index contributed by atoms with van der Waals surface area (Å²) in [6.45, 7) is 2.67. The lowest BCUT2D eigenvalue weighted by Crippen LogP contribution is -2.61. The van der Waals surface area contributed by atoms with E-state index in [1.165, 1.54) is 4.90 Å². The van der Waals surface area contributed by atoms with Crippen molar-refractivity contribution in [2.24, 2.45) is 5.73 Å². The molecule has 2 aliphatic rings. The van der Waals surface area contributed by atoms with Crippen molar-refractivity contribution in [3.63, 3.8) is 0 Å². The van der Waals surface area contributed by atoms with Gasteiger partial charge in [-0.1, -0.05) is 0 Å². The first-order valence-corrected chi connectivity index (χ1v) is 5.70. The number of carbonyl (C=O) groups excluding carboxylic acids is 2. The second-order valence-corrected chi connectivity index (χ2v) is 4.09. The number of nitrogens with one attached hydrogen (secondary N) is 1. The van der Waals surface area contributed by atoms with Crippen LogP contribution in [0.4, 0.5) is 0 Å². The number of piperazine rings is 1. The van der Waals surface area contributed by atoms with Crippen LogP contribution in [0.2, 0.25) is 0 Å². The summed E-state index contributed by atoms with van der Waals surface area (Å²) in [6.07, 6.45) is -0.608. The average Bonchev–Trinajstić information content (AvgIpc) is 2.39. The zero-order valence-electron chi connectivity index (χ0n) is 9.55. The van der Waals surface area contributed by atoms with Crippen LogP contribution in [0.1, 0.15) is 0 Å². The average molecular weight is 243 g/mol. The van der Waals surface area contributed by atoms with Crippen LogP contribution in [0.15, 0.2) is 0 Å². The second-order valence-electron chi connectivity index (χ2n) is 4.09. The van der Waals surface area contributed by atoms with Crippen molar-refractivity contribution >= 4 is 11.8 Å². The smallest absolute Gasteiger partial charge is 0.254 e. The van der Waals surface area contributed by atoms with Gasteiger partial charge in [0.2, 0.25) is 5.91 Å². The summed E-state index contributed by atoms with van der Waals surface area (Å²) in [7, 11) is 0. The van der Waals surface area contributed by atoms with E-state index >= 15 is 0 Å². The van der Waals surface area contributed by atoms with E-state index in [0.29, 0.717) is 32.8 Å². The monoisotopic (exact) mass is 243 g/mol. The van der Waals surface area contributed by atoms with Gasteiger partial charge in [-0.2, -0.15) is 0 Å². The van der Waals surface area contributed by atoms with Crippen LogP contribution < -0.4 is 11.1 Å². The number of nitrogens with zero attached hydrogens (tertiary/aromatic N) is 1. The van der Waals surface area contributed by atoms with E-state index in [4.69, 9.17) is 15.2 Å². The van der Waals surface area contributed by atoms with Crippen LogP contribution in [0, 0.1) is 0 Å². The Morgan fingerprint density at radius 1 is 1.35 bits per heavy atom. The summed E-state index contributed by atoms with van der Waals surface area (Å²) in [5.74, 6) is -0.711. The summed E-state index contributed by atoms with van der Waals surface area (Å²) >= 11 is 0. The van der Waals surface area contributed by atoms with E-state index < -0.39 is 18.1 Å². The SMILES string of the molecule is NC(=O)C1CNCCN1C(=O)C1COCCO1. The largest absolute Gasteiger partial charge is 0.376 e. The van der Waals surface area contributed by atoms with Gasteiger partial charge in [0.05, 0.1) is 19.8 Å².